The molecule has 0 unspecified atom stereocenters. The molecule has 7 heteroatoms. The van der Waals surface area contributed by atoms with Crippen molar-refractivity contribution in [1.82, 2.24) is 4.57 Å². The zero-order valence-corrected chi connectivity index (χ0v) is 16.2. The number of rotatable bonds is 5. The molecule has 1 heterocycles. The van der Waals surface area contributed by atoms with E-state index < -0.39 is 12.3 Å². The molecular weight excluding hydrogens is 393 g/mol. The highest BCUT2D eigenvalue weighted by molar-refractivity contribution is 6.17. The summed E-state index contributed by atoms with van der Waals surface area (Å²) in [5, 5.41) is 1.62. The Labute approximate surface area is 170 Å². The molecule has 0 atom stereocenters. The van der Waals surface area contributed by atoms with Crippen LogP contribution < -0.4 is 10.5 Å². The summed E-state index contributed by atoms with van der Waals surface area (Å²) < 4.78 is 43.8. The Bertz CT molecular complexity index is 1260. The van der Waals surface area contributed by atoms with Crippen LogP contribution >= 0.6 is 0 Å². The highest BCUT2D eigenvalue weighted by atomic mass is 19.4. The van der Waals surface area contributed by atoms with Gasteiger partial charge in [-0.05, 0) is 47.9 Å². The van der Waals surface area contributed by atoms with Gasteiger partial charge >= 0.3 is 6.36 Å². The molecule has 0 aliphatic carbocycles. The number of aromatic nitrogens is 1. The Morgan fingerprint density at radius 1 is 1.00 bits per heavy atom. The SMILES string of the molecule is CCc1ccc2c3c(C(N)=O)cccc3n(Cc3cccc(OC(F)(F)F)c3)c2c1. The van der Waals surface area contributed by atoms with Crippen LogP contribution in [0.1, 0.15) is 28.4 Å². The third-order valence-corrected chi connectivity index (χ3v) is 5.10. The zero-order valence-electron chi connectivity index (χ0n) is 16.2. The molecule has 4 aromatic rings. The molecule has 0 aliphatic heterocycles. The standard InChI is InChI=1S/C23H19F3N2O2/c1-2-14-9-10-17-20(12-14)28(19-8-4-7-18(21(17)19)22(27)29)13-15-5-3-6-16(11-15)30-23(24,25)26/h3-12H,2,13H2,1H3,(H2,27,29). The molecule has 154 valence electrons. The van der Waals surface area contributed by atoms with Gasteiger partial charge in [-0.15, -0.1) is 13.2 Å². The largest absolute Gasteiger partial charge is 0.573 e. The highest BCUT2D eigenvalue weighted by Gasteiger charge is 2.31. The van der Waals surface area contributed by atoms with Crippen molar-refractivity contribution in [2.75, 3.05) is 0 Å². The first-order valence-electron chi connectivity index (χ1n) is 9.45. The van der Waals surface area contributed by atoms with E-state index in [-0.39, 0.29) is 5.75 Å². The van der Waals surface area contributed by atoms with Crippen molar-refractivity contribution in [3.63, 3.8) is 0 Å². The molecule has 3 aromatic carbocycles. The van der Waals surface area contributed by atoms with E-state index in [9.17, 15) is 18.0 Å². The fourth-order valence-electron chi connectivity index (χ4n) is 3.81. The minimum Gasteiger partial charge on any atom is -0.406 e. The molecule has 30 heavy (non-hydrogen) atoms. The van der Waals surface area contributed by atoms with Crippen molar-refractivity contribution in [1.29, 1.82) is 0 Å². The van der Waals surface area contributed by atoms with Crippen molar-refractivity contribution < 1.29 is 22.7 Å². The first-order chi connectivity index (χ1) is 14.3. The van der Waals surface area contributed by atoms with Crippen molar-refractivity contribution in [3.8, 4) is 5.75 Å². The van der Waals surface area contributed by atoms with Crippen LogP contribution in [0.15, 0.2) is 60.7 Å². The maximum absolute atomic E-state index is 12.6. The molecule has 1 amide bonds. The molecule has 0 saturated carbocycles. The Hall–Kier alpha value is -3.48. The molecule has 4 rings (SSSR count). The number of amides is 1. The van der Waals surface area contributed by atoms with Gasteiger partial charge in [0.05, 0.1) is 5.52 Å². The van der Waals surface area contributed by atoms with Gasteiger partial charge < -0.3 is 15.0 Å². The summed E-state index contributed by atoms with van der Waals surface area (Å²) in [6, 6.07) is 17.2. The normalized spacial score (nSPS) is 11.9. The first kappa shape index (κ1) is 19.8. The van der Waals surface area contributed by atoms with Crippen LogP contribution in [0.3, 0.4) is 0 Å². The molecule has 0 bridgehead atoms. The predicted octanol–water partition coefficient (Wildman–Crippen LogP) is 5.40. The number of nitrogens with zero attached hydrogens (tertiary/aromatic N) is 1. The second-order valence-electron chi connectivity index (χ2n) is 7.05. The van der Waals surface area contributed by atoms with Gasteiger partial charge in [0.1, 0.15) is 5.75 Å². The summed E-state index contributed by atoms with van der Waals surface area (Å²) in [5.74, 6) is -0.798. The number of halogens is 3. The van der Waals surface area contributed by atoms with Crippen LogP contribution in [0.25, 0.3) is 21.8 Å². The topological polar surface area (TPSA) is 57.2 Å². The number of benzene rings is 3. The van der Waals surface area contributed by atoms with Gasteiger partial charge in [0.2, 0.25) is 5.91 Å². The fraction of sp³-hybridized carbons (Fsp3) is 0.174. The van der Waals surface area contributed by atoms with E-state index in [0.29, 0.717) is 17.7 Å². The predicted molar refractivity (Wildman–Crippen MR) is 110 cm³/mol. The number of hydrogen-bond donors (Lipinski definition) is 1. The van der Waals surface area contributed by atoms with Crippen LogP contribution in [0, 0.1) is 0 Å². The van der Waals surface area contributed by atoms with Crippen LogP contribution in [0.5, 0.6) is 5.75 Å². The molecule has 0 fully saturated rings. The van der Waals surface area contributed by atoms with E-state index in [1.807, 2.05) is 35.8 Å². The number of fused-ring (bicyclic) bond motifs is 3. The van der Waals surface area contributed by atoms with Gasteiger partial charge in [0, 0.05) is 28.4 Å². The van der Waals surface area contributed by atoms with E-state index >= 15 is 0 Å². The fourth-order valence-corrected chi connectivity index (χ4v) is 3.81. The van der Waals surface area contributed by atoms with Crippen LogP contribution in [-0.2, 0) is 13.0 Å². The number of alkyl halides is 3. The molecule has 0 spiro atoms. The molecule has 0 saturated heterocycles. The first-order valence-corrected chi connectivity index (χ1v) is 9.45. The lowest BCUT2D eigenvalue weighted by atomic mass is 10.0. The molecule has 0 radical (unpaired) electrons. The minimum absolute atomic E-state index is 0.271. The van der Waals surface area contributed by atoms with Crippen molar-refractivity contribution in [3.05, 3.63) is 77.4 Å². The summed E-state index contributed by atoms with van der Waals surface area (Å²) >= 11 is 0. The average Bonchev–Trinajstić information content (AvgIpc) is 3.00. The maximum atomic E-state index is 12.6. The van der Waals surface area contributed by atoms with E-state index in [1.54, 1.807) is 18.2 Å². The third-order valence-electron chi connectivity index (χ3n) is 5.10. The summed E-state index contributed by atoms with van der Waals surface area (Å²) in [6.45, 7) is 2.35. The Kier molecular flexibility index (Phi) is 4.89. The lowest BCUT2D eigenvalue weighted by molar-refractivity contribution is -0.274. The van der Waals surface area contributed by atoms with Gasteiger partial charge in [-0.25, -0.2) is 0 Å². The number of carbonyl (C=O) groups is 1. The van der Waals surface area contributed by atoms with Crippen LogP contribution in [0.2, 0.25) is 0 Å². The summed E-state index contributed by atoms with van der Waals surface area (Å²) in [5.41, 5.74) is 9.44. The summed E-state index contributed by atoms with van der Waals surface area (Å²) in [6.07, 6.45) is -3.92. The molecule has 0 aliphatic rings. The van der Waals surface area contributed by atoms with Crippen molar-refractivity contribution in [2.45, 2.75) is 26.3 Å². The number of primary amides is 1. The Morgan fingerprint density at radius 2 is 1.77 bits per heavy atom. The third kappa shape index (κ3) is 3.70. The average molecular weight is 412 g/mol. The van der Waals surface area contributed by atoms with E-state index in [2.05, 4.69) is 4.74 Å². The van der Waals surface area contributed by atoms with Gasteiger partial charge in [0.15, 0.2) is 0 Å². The van der Waals surface area contributed by atoms with Crippen molar-refractivity contribution >= 4 is 27.7 Å². The van der Waals surface area contributed by atoms with E-state index in [0.717, 1.165) is 33.8 Å². The maximum Gasteiger partial charge on any atom is 0.573 e. The molecule has 1 aromatic heterocycles. The minimum atomic E-state index is -4.75. The van der Waals surface area contributed by atoms with Gasteiger partial charge in [-0.3, -0.25) is 4.79 Å². The van der Waals surface area contributed by atoms with Gasteiger partial charge in [-0.2, -0.15) is 0 Å². The second-order valence-corrected chi connectivity index (χ2v) is 7.05. The molecular formula is C23H19F3N2O2. The zero-order chi connectivity index (χ0) is 21.5. The van der Waals surface area contributed by atoms with Crippen molar-refractivity contribution in [2.24, 2.45) is 5.73 Å². The molecule has 2 N–H and O–H groups in total. The monoisotopic (exact) mass is 412 g/mol. The quantitative estimate of drug-likeness (QED) is 0.477. The summed E-state index contributed by atoms with van der Waals surface area (Å²) in [7, 11) is 0. The number of ether oxygens (including phenoxy) is 1. The number of carbonyl (C=O) groups excluding carboxylic acids is 1. The van der Waals surface area contributed by atoms with Gasteiger partial charge in [-0.1, -0.05) is 37.3 Å². The Balaban J connectivity index is 1.90. The number of aryl methyl sites for hydroxylation is 1. The molecule has 4 nitrogen and oxygen atoms in total. The lowest BCUT2D eigenvalue weighted by Gasteiger charge is -2.12. The van der Waals surface area contributed by atoms with Crippen LogP contribution in [-0.4, -0.2) is 16.8 Å². The smallest absolute Gasteiger partial charge is 0.406 e. The van der Waals surface area contributed by atoms with E-state index in [1.165, 1.54) is 18.2 Å². The number of hydrogen-bond acceptors (Lipinski definition) is 2. The van der Waals surface area contributed by atoms with Gasteiger partial charge in [0.25, 0.3) is 0 Å². The second kappa shape index (κ2) is 7.40. The summed E-state index contributed by atoms with van der Waals surface area (Å²) in [4.78, 5) is 12.0. The highest BCUT2D eigenvalue weighted by Crippen LogP contribution is 2.33. The van der Waals surface area contributed by atoms with E-state index in [4.69, 9.17) is 5.73 Å². The van der Waals surface area contributed by atoms with Crippen LogP contribution in [0.4, 0.5) is 13.2 Å². The number of nitrogens with two attached hydrogens (primary N) is 1. The Morgan fingerprint density at radius 3 is 2.47 bits per heavy atom. The lowest BCUT2D eigenvalue weighted by Crippen LogP contribution is -2.17.